The number of ether oxygens (including phenoxy) is 2. The molecule has 2 rings (SSSR count). The summed E-state index contributed by atoms with van der Waals surface area (Å²) in [6.45, 7) is -1.70. The van der Waals surface area contributed by atoms with Gasteiger partial charge in [-0.25, -0.2) is 0 Å². The van der Waals surface area contributed by atoms with Gasteiger partial charge in [-0.15, -0.1) is 0 Å². The molecule has 0 aliphatic carbocycles. The summed E-state index contributed by atoms with van der Waals surface area (Å²) < 4.78 is 11.5. The van der Waals surface area contributed by atoms with Gasteiger partial charge in [0, 0.05) is 66.2 Å². The Hall–Kier alpha value is -0.770. The van der Waals surface area contributed by atoms with Crippen molar-refractivity contribution in [3.63, 3.8) is 0 Å². The zero-order chi connectivity index (χ0) is 52.4. The van der Waals surface area contributed by atoms with Crippen LogP contribution < -0.4 is 31.1 Å². The third kappa shape index (κ3) is 18.2. The zero-order valence-electron chi connectivity index (χ0n) is 36.9. The molecular weight excluding hydrogens is 1600 g/mol. The molecule has 23 nitrogen and oxygen atoms in total. The van der Waals surface area contributed by atoms with Crippen LogP contribution >= 0.6 is 136 Å². The molecule has 2 aromatic carbocycles. The standard InChI is InChI=1S/C40H54I6N6O17/c1-17(15-68-2)51(35-31(43)25(37(64)47-5-20(59)11-53)29(41)26(32(35)44)38(65)48-6-21(60)12-54)9-18(57)4-19(58)10-52(24(63)16-69-3)36-33(45)27(39(66)49-7-22(61)13-55)30(42)28(34(36)46)40(67)50-8-23(62)14-56/h18-23,53-62H,1,4-16H2,2-3H3,(H,47,64)(H,48,65)(H,49,66)(H,50,67). The van der Waals surface area contributed by atoms with Crippen molar-refractivity contribution in [2.24, 2.45) is 0 Å². The Kier molecular flexibility index (Phi) is 29.7. The summed E-state index contributed by atoms with van der Waals surface area (Å²) in [7, 11) is 2.62. The lowest BCUT2D eigenvalue weighted by Gasteiger charge is -2.34. The number of amides is 5. The summed E-state index contributed by atoms with van der Waals surface area (Å²) in [5.41, 5.74) is 0.0272. The van der Waals surface area contributed by atoms with Gasteiger partial charge < -0.3 is 91.6 Å². The van der Waals surface area contributed by atoms with Crippen LogP contribution in [0.25, 0.3) is 0 Å². The maximum atomic E-state index is 14.0. The highest BCUT2D eigenvalue weighted by atomic mass is 127. The van der Waals surface area contributed by atoms with Crippen LogP contribution in [-0.2, 0) is 14.3 Å². The van der Waals surface area contributed by atoms with Crippen molar-refractivity contribution in [3.05, 3.63) is 56.0 Å². The topological polar surface area (TPSA) is 361 Å². The van der Waals surface area contributed by atoms with Crippen LogP contribution in [0.3, 0.4) is 0 Å². The number of aliphatic hydroxyl groups excluding tert-OH is 10. The van der Waals surface area contributed by atoms with E-state index in [4.69, 9.17) is 9.47 Å². The molecule has 14 N–H and O–H groups in total. The summed E-state index contributed by atoms with van der Waals surface area (Å²) in [6.07, 6.45) is -8.81. The highest BCUT2D eigenvalue weighted by Gasteiger charge is 2.35. The van der Waals surface area contributed by atoms with Gasteiger partial charge in [-0.05, 0) is 136 Å². The number of anilines is 2. The predicted molar refractivity (Wildman–Crippen MR) is 300 cm³/mol. The van der Waals surface area contributed by atoms with Gasteiger partial charge in [-0.2, -0.15) is 0 Å². The minimum absolute atomic E-state index is 0.0272. The first-order valence-electron chi connectivity index (χ1n) is 20.3. The number of nitrogens with zero attached hydrogens (tertiary/aromatic N) is 2. The molecule has 0 spiro atoms. The third-order valence-corrected chi connectivity index (χ3v) is 15.8. The van der Waals surface area contributed by atoms with E-state index in [-0.39, 0.29) is 87.0 Å². The van der Waals surface area contributed by atoms with Gasteiger partial charge in [0.2, 0.25) is 0 Å². The Morgan fingerprint density at radius 1 is 0.478 bits per heavy atom. The molecule has 388 valence electrons. The molecule has 0 heterocycles. The largest absolute Gasteiger partial charge is 0.394 e. The van der Waals surface area contributed by atoms with Gasteiger partial charge in [0.25, 0.3) is 29.5 Å². The Labute approximate surface area is 478 Å². The van der Waals surface area contributed by atoms with E-state index in [0.717, 1.165) is 4.90 Å². The molecule has 0 aliphatic rings. The van der Waals surface area contributed by atoms with Crippen molar-refractivity contribution in [1.29, 1.82) is 0 Å². The van der Waals surface area contributed by atoms with E-state index in [1.165, 1.54) is 19.1 Å². The number of nitrogens with one attached hydrogen (secondary N) is 4. The smallest absolute Gasteiger partial charge is 0.253 e. The van der Waals surface area contributed by atoms with Crippen LogP contribution in [0.2, 0.25) is 0 Å². The fourth-order valence-electron chi connectivity index (χ4n) is 6.05. The average molecular weight is 1650 g/mol. The van der Waals surface area contributed by atoms with E-state index < -0.39 is 125 Å². The maximum Gasteiger partial charge on any atom is 0.253 e. The van der Waals surface area contributed by atoms with Gasteiger partial charge in [0.1, 0.15) is 6.61 Å². The Morgan fingerprint density at radius 2 is 0.754 bits per heavy atom. The molecule has 0 bridgehead atoms. The van der Waals surface area contributed by atoms with E-state index in [1.807, 2.05) is 45.2 Å². The molecule has 5 amide bonds. The van der Waals surface area contributed by atoms with Crippen LogP contribution in [0, 0.1) is 21.4 Å². The number of hydrogen-bond acceptors (Lipinski definition) is 18. The number of aliphatic hydroxyl groups is 10. The van der Waals surface area contributed by atoms with E-state index in [2.05, 4.69) is 27.8 Å². The molecular formula is C40H54I6N6O17. The van der Waals surface area contributed by atoms with Gasteiger partial charge in [0.05, 0.1) is 124 Å². The number of methoxy groups -OCH3 is 2. The van der Waals surface area contributed by atoms with Crippen molar-refractivity contribution >= 4 is 176 Å². The summed E-state index contributed by atoms with van der Waals surface area (Å²) in [5.74, 6) is -3.87. The molecule has 0 radical (unpaired) electrons. The average Bonchev–Trinajstić information content (AvgIpc) is 3.29. The second-order valence-electron chi connectivity index (χ2n) is 14.9. The van der Waals surface area contributed by atoms with Crippen molar-refractivity contribution in [2.75, 3.05) is 103 Å². The molecule has 69 heavy (non-hydrogen) atoms. The lowest BCUT2D eigenvalue weighted by Crippen LogP contribution is -2.44. The second kappa shape index (κ2) is 31.8. The van der Waals surface area contributed by atoms with Gasteiger partial charge >= 0.3 is 0 Å². The Balaban J connectivity index is 2.81. The quantitative estimate of drug-likeness (QED) is 0.0408. The summed E-state index contributed by atoms with van der Waals surface area (Å²) in [5, 5.41) is 111. The van der Waals surface area contributed by atoms with Crippen molar-refractivity contribution in [1.82, 2.24) is 21.3 Å². The fourth-order valence-corrected chi connectivity index (χ4v) is 15.5. The number of carbonyl (C=O) groups is 5. The predicted octanol–water partition coefficient (Wildman–Crippen LogP) is -1.60. The SMILES string of the molecule is C=C(COC)N(CC(O)CC(O)CN(C(=O)COC)c1c(I)c(C(=O)NCC(O)CO)c(I)c(C(=O)NCC(O)CO)c1I)c1c(I)c(C(=O)NCC(O)CO)c(I)c(C(=O)NCC(O)CO)c1I. The first-order chi connectivity index (χ1) is 32.5. The number of rotatable bonds is 29. The molecule has 2 aromatic rings. The molecule has 0 aliphatic heterocycles. The van der Waals surface area contributed by atoms with Crippen LogP contribution in [0.15, 0.2) is 12.3 Å². The van der Waals surface area contributed by atoms with Gasteiger partial charge in [-0.1, -0.05) is 6.58 Å². The first-order valence-corrected chi connectivity index (χ1v) is 26.7. The summed E-state index contributed by atoms with van der Waals surface area (Å²) in [6, 6.07) is 0. The lowest BCUT2D eigenvalue weighted by atomic mass is 10.0. The van der Waals surface area contributed by atoms with Crippen LogP contribution in [0.5, 0.6) is 0 Å². The molecule has 0 saturated heterocycles. The van der Waals surface area contributed by atoms with Crippen LogP contribution in [0.1, 0.15) is 47.9 Å². The van der Waals surface area contributed by atoms with Crippen molar-refractivity contribution in [3.8, 4) is 0 Å². The van der Waals surface area contributed by atoms with Gasteiger partial charge in [0.15, 0.2) is 0 Å². The number of halogens is 6. The fraction of sp³-hybridized carbons (Fsp3) is 0.525. The second-order valence-corrected chi connectivity index (χ2v) is 21.3. The van der Waals surface area contributed by atoms with E-state index in [0.29, 0.717) is 0 Å². The Bertz CT molecular complexity index is 1890. The highest BCUT2D eigenvalue weighted by molar-refractivity contribution is 14.1. The maximum absolute atomic E-state index is 14.0. The summed E-state index contributed by atoms with van der Waals surface area (Å²) in [4.78, 5) is 71.6. The lowest BCUT2D eigenvalue weighted by molar-refractivity contribution is -0.122. The molecule has 0 saturated carbocycles. The van der Waals surface area contributed by atoms with Crippen LogP contribution in [-0.4, -0.2) is 210 Å². The van der Waals surface area contributed by atoms with Crippen LogP contribution in [0.4, 0.5) is 11.4 Å². The van der Waals surface area contributed by atoms with E-state index in [9.17, 15) is 75.0 Å². The van der Waals surface area contributed by atoms with Crippen molar-refractivity contribution < 1.29 is 84.5 Å². The third-order valence-electron chi connectivity index (χ3n) is 9.46. The molecule has 6 unspecified atom stereocenters. The van der Waals surface area contributed by atoms with E-state index >= 15 is 0 Å². The normalized spacial score (nSPS) is 13.9. The highest BCUT2D eigenvalue weighted by Crippen LogP contribution is 2.41. The molecule has 0 fully saturated rings. The molecule has 0 aromatic heterocycles. The number of hydrogen-bond donors (Lipinski definition) is 14. The minimum Gasteiger partial charge on any atom is -0.394 e. The minimum atomic E-state index is -1.56. The first kappa shape index (κ1) is 64.3. The molecule has 29 heteroatoms. The number of carbonyl (C=O) groups excluding carboxylic acids is 5. The Morgan fingerprint density at radius 3 is 1.03 bits per heavy atom. The van der Waals surface area contributed by atoms with Gasteiger partial charge in [-0.3, -0.25) is 24.0 Å². The zero-order valence-corrected chi connectivity index (χ0v) is 49.8. The summed E-state index contributed by atoms with van der Waals surface area (Å²) >= 11 is 10.9. The molecule has 6 atom stereocenters. The van der Waals surface area contributed by atoms with E-state index in [1.54, 1.807) is 90.4 Å². The monoisotopic (exact) mass is 1650 g/mol. The van der Waals surface area contributed by atoms with Crippen molar-refractivity contribution in [2.45, 2.75) is 43.0 Å². The number of benzene rings is 2.